The Morgan fingerprint density at radius 3 is 3.13 bits per heavy atom. The predicted molar refractivity (Wildman–Crippen MR) is 54.9 cm³/mol. The van der Waals surface area contributed by atoms with Crippen LogP contribution in [0.1, 0.15) is 0 Å². The van der Waals surface area contributed by atoms with E-state index in [0.717, 1.165) is 10.8 Å². The van der Waals surface area contributed by atoms with Crippen molar-refractivity contribution in [3.05, 3.63) is 48.5 Å². The molecule has 5 heteroatoms. The van der Waals surface area contributed by atoms with Gasteiger partial charge in [0.15, 0.2) is 0 Å². The number of hydrogen-bond donors (Lipinski definition) is 2. The molecule has 2 heterocycles. The summed E-state index contributed by atoms with van der Waals surface area (Å²) in [6, 6.07) is -0.917. The molecule has 0 aromatic heterocycles. The van der Waals surface area contributed by atoms with Crippen molar-refractivity contribution in [3.63, 3.8) is 0 Å². The van der Waals surface area contributed by atoms with Crippen LogP contribution in [0, 0.1) is 0 Å². The molecular formula is C10H11N3O2. The first-order valence-corrected chi connectivity index (χ1v) is 4.51. The number of primary amides is 1. The smallest absolute Gasteiger partial charge is 0.348 e. The third kappa shape index (κ3) is 1.85. The van der Waals surface area contributed by atoms with Crippen LogP contribution in [-0.4, -0.2) is 17.1 Å². The van der Waals surface area contributed by atoms with Crippen LogP contribution in [0.3, 0.4) is 0 Å². The van der Waals surface area contributed by atoms with Crippen LogP contribution in [0.4, 0.5) is 4.79 Å². The summed E-state index contributed by atoms with van der Waals surface area (Å²) >= 11 is 0. The molecule has 0 fully saturated rings. The molecule has 0 bridgehead atoms. The van der Waals surface area contributed by atoms with Gasteiger partial charge in [-0.1, -0.05) is 12.2 Å². The summed E-state index contributed by atoms with van der Waals surface area (Å²) in [6.07, 6.45) is 12.4. The molecule has 1 atom stereocenters. The van der Waals surface area contributed by atoms with Crippen molar-refractivity contribution < 1.29 is 9.63 Å². The van der Waals surface area contributed by atoms with Crippen molar-refractivity contribution in [1.82, 2.24) is 10.4 Å². The lowest BCUT2D eigenvalue weighted by molar-refractivity contribution is -0.0459. The quantitative estimate of drug-likeness (QED) is 0.663. The fourth-order valence-electron chi connectivity index (χ4n) is 1.39. The van der Waals surface area contributed by atoms with Gasteiger partial charge in [0.1, 0.15) is 12.3 Å². The first kappa shape index (κ1) is 9.39. The number of nitrogens with zero attached hydrogens (tertiary/aromatic N) is 1. The minimum atomic E-state index is -0.620. The summed E-state index contributed by atoms with van der Waals surface area (Å²) in [4.78, 5) is 16.0. The van der Waals surface area contributed by atoms with E-state index in [-0.39, 0.29) is 6.04 Å². The number of hydrogen-bond acceptors (Lipinski definition) is 3. The van der Waals surface area contributed by atoms with Gasteiger partial charge in [0.05, 0.1) is 0 Å². The molecule has 0 aromatic rings. The number of allylic oxidation sites excluding steroid dienone is 4. The highest BCUT2D eigenvalue weighted by molar-refractivity contribution is 5.72. The van der Waals surface area contributed by atoms with E-state index in [0.29, 0.717) is 0 Å². The van der Waals surface area contributed by atoms with Gasteiger partial charge in [-0.2, -0.15) is 0 Å². The second kappa shape index (κ2) is 3.91. The minimum Gasteiger partial charge on any atom is -0.383 e. The largest absolute Gasteiger partial charge is 0.383 e. The van der Waals surface area contributed by atoms with Crippen molar-refractivity contribution in [3.8, 4) is 0 Å². The van der Waals surface area contributed by atoms with Crippen LogP contribution in [0.15, 0.2) is 48.5 Å². The lowest BCUT2D eigenvalue weighted by Crippen LogP contribution is -2.41. The van der Waals surface area contributed by atoms with E-state index >= 15 is 0 Å². The van der Waals surface area contributed by atoms with Gasteiger partial charge in [-0.15, -0.1) is 5.06 Å². The van der Waals surface area contributed by atoms with Gasteiger partial charge in [0, 0.05) is 11.9 Å². The van der Waals surface area contributed by atoms with E-state index in [2.05, 4.69) is 5.32 Å². The van der Waals surface area contributed by atoms with Crippen LogP contribution in [0.25, 0.3) is 0 Å². The number of hydroxylamine groups is 2. The molecule has 1 unspecified atom stereocenters. The summed E-state index contributed by atoms with van der Waals surface area (Å²) in [6.45, 7) is 0. The molecule has 2 rings (SSSR count). The van der Waals surface area contributed by atoms with Gasteiger partial charge in [0.25, 0.3) is 0 Å². The van der Waals surface area contributed by atoms with Crippen LogP contribution in [0.2, 0.25) is 0 Å². The molecule has 5 nitrogen and oxygen atoms in total. The highest BCUT2D eigenvalue weighted by Crippen LogP contribution is 2.17. The maximum atomic E-state index is 11.0. The molecule has 0 radical (unpaired) electrons. The van der Waals surface area contributed by atoms with Crippen molar-refractivity contribution >= 4 is 6.03 Å². The molecule has 2 aliphatic heterocycles. The zero-order valence-corrected chi connectivity index (χ0v) is 7.96. The summed E-state index contributed by atoms with van der Waals surface area (Å²) in [5, 5.41) is 4.15. The van der Waals surface area contributed by atoms with Gasteiger partial charge >= 0.3 is 6.03 Å². The molecule has 2 aliphatic rings. The Kier molecular flexibility index (Phi) is 2.45. The van der Waals surface area contributed by atoms with Crippen molar-refractivity contribution in [1.29, 1.82) is 0 Å². The van der Waals surface area contributed by atoms with Crippen LogP contribution < -0.4 is 11.1 Å². The summed E-state index contributed by atoms with van der Waals surface area (Å²) in [7, 11) is 0. The Labute approximate surface area is 87.1 Å². The topological polar surface area (TPSA) is 67.6 Å². The normalized spacial score (nSPS) is 23.1. The van der Waals surface area contributed by atoms with Gasteiger partial charge in [-0.3, -0.25) is 0 Å². The lowest BCUT2D eigenvalue weighted by Gasteiger charge is -2.22. The average Bonchev–Trinajstić information content (AvgIpc) is 2.55. The molecule has 0 saturated carbocycles. The van der Waals surface area contributed by atoms with Gasteiger partial charge in [0.2, 0.25) is 0 Å². The first-order chi connectivity index (χ1) is 7.29. The second-order valence-electron chi connectivity index (χ2n) is 3.05. The van der Waals surface area contributed by atoms with Gasteiger partial charge in [-0.25, -0.2) is 4.79 Å². The third-order valence-corrected chi connectivity index (χ3v) is 2.07. The maximum Gasteiger partial charge on any atom is 0.348 e. The maximum absolute atomic E-state index is 11.0. The molecule has 0 aromatic carbocycles. The van der Waals surface area contributed by atoms with E-state index in [9.17, 15) is 4.79 Å². The van der Waals surface area contributed by atoms with Gasteiger partial charge in [-0.05, 0) is 18.2 Å². The van der Waals surface area contributed by atoms with E-state index in [1.807, 2.05) is 24.3 Å². The Hall–Kier alpha value is -2.17. The minimum absolute atomic E-state index is 0.296. The van der Waals surface area contributed by atoms with E-state index in [1.165, 1.54) is 6.26 Å². The summed E-state index contributed by atoms with van der Waals surface area (Å²) in [5.74, 6) is 0. The SMILES string of the molecule is NC(=O)N1OC=CC1C1=CC=CC=CN1. The molecule has 0 aliphatic carbocycles. The Morgan fingerprint density at radius 1 is 1.47 bits per heavy atom. The van der Waals surface area contributed by atoms with E-state index in [4.69, 9.17) is 10.6 Å². The number of nitrogens with two attached hydrogens (primary N) is 1. The van der Waals surface area contributed by atoms with E-state index in [1.54, 1.807) is 12.3 Å². The first-order valence-electron chi connectivity index (χ1n) is 4.51. The van der Waals surface area contributed by atoms with Crippen LogP contribution in [-0.2, 0) is 4.84 Å². The fraction of sp³-hybridized carbons (Fsp3) is 0.100. The second-order valence-corrected chi connectivity index (χ2v) is 3.05. The van der Waals surface area contributed by atoms with Crippen molar-refractivity contribution in [2.24, 2.45) is 5.73 Å². The third-order valence-electron chi connectivity index (χ3n) is 2.07. The molecular weight excluding hydrogens is 194 g/mol. The number of urea groups is 1. The standard InChI is InChI=1S/C10H11N3O2/c11-10(14)13-9(5-7-15-13)8-4-2-1-3-6-12-8/h1-7,9,12H,(H2,11,14). The molecule has 3 N–H and O–H groups in total. The summed E-state index contributed by atoms with van der Waals surface area (Å²) in [5.41, 5.74) is 5.99. The fourth-order valence-corrected chi connectivity index (χ4v) is 1.39. The molecule has 78 valence electrons. The van der Waals surface area contributed by atoms with Gasteiger partial charge < -0.3 is 15.9 Å². The zero-order chi connectivity index (χ0) is 10.7. The average molecular weight is 205 g/mol. The Morgan fingerprint density at radius 2 is 2.33 bits per heavy atom. The number of carbonyl (C=O) groups is 1. The Balaban J connectivity index is 2.19. The zero-order valence-electron chi connectivity index (χ0n) is 7.96. The highest BCUT2D eigenvalue weighted by atomic mass is 16.7. The molecule has 0 spiro atoms. The molecule has 15 heavy (non-hydrogen) atoms. The number of amides is 2. The van der Waals surface area contributed by atoms with Crippen molar-refractivity contribution in [2.75, 3.05) is 0 Å². The molecule has 2 amide bonds. The van der Waals surface area contributed by atoms with Crippen LogP contribution in [0.5, 0.6) is 0 Å². The predicted octanol–water partition coefficient (Wildman–Crippen LogP) is 0.752. The van der Waals surface area contributed by atoms with Crippen LogP contribution >= 0.6 is 0 Å². The lowest BCUT2D eigenvalue weighted by atomic mass is 10.2. The number of nitrogens with one attached hydrogen (secondary N) is 1. The van der Waals surface area contributed by atoms with Crippen molar-refractivity contribution in [2.45, 2.75) is 6.04 Å². The Bertz CT molecular complexity index is 382. The highest BCUT2D eigenvalue weighted by Gasteiger charge is 2.28. The molecule has 0 saturated heterocycles. The number of carbonyl (C=O) groups excluding carboxylic acids is 1. The van der Waals surface area contributed by atoms with E-state index < -0.39 is 6.03 Å². The summed E-state index contributed by atoms with van der Waals surface area (Å²) < 4.78 is 0. The number of rotatable bonds is 1. The monoisotopic (exact) mass is 205 g/mol.